The number of aliphatic hydroxyl groups excluding tert-OH is 5. The molecule has 7 nitrogen and oxygen atoms in total. The minimum Gasteiger partial charge on any atom is -0.394 e. The molecule has 1 aliphatic heterocycles. The fourth-order valence-corrected chi connectivity index (χ4v) is 2.53. The highest BCUT2D eigenvalue weighted by atomic mass is 16.7. The molecule has 1 fully saturated rings. The van der Waals surface area contributed by atoms with Gasteiger partial charge in [0.15, 0.2) is 6.29 Å². The van der Waals surface area contributed by atoms with Crippen LogP contribution in [0, 0.1) is 0 Å². The zero-order valence-corrected chi connectivity index (χ0v) is 12.9. The fraction of sp³-hybridized carbons (Fsp3) is 0.625. The number of ether oxygens (including phenoxy) is 2. The molecule has 0 spiro atoms. The minimum atomic E-state index is -1.50. The number of rotatable bonds is 6. The lowest BCUT2D eigenvalue weighted by molar-refractivity contribution is -0.316. The van der Waals surface area contributed by atoms with Crippen LogP contribution in [0.4, 0.5) is 0 Å². The summed E-state index contributed by atoms with van der Waals surface area (Å²) < 4.78 is 10.9. The van der Waals surface area contributed by atoms with Gasteiger partial charge in [-0.2, -0.15) is 0 Å². The van der Waals surface area contributed by atoms with Gasteiger partial charge in [0.2, 0.25) is 0 Å². The Balaban J connectivity index is 2.06. The molecule has 23 heavy (non-hydrogen) atoms. The van der Waals surface area contributed by atoms with Crippen LogP contribution in [0.5, 0.6) is 0 Å². The van der Waals surface area contributed by atoms with Gasteiger partial charge in [0.25, 0.3) is 0 Å². The Bertz CT molecular complexity index is 465. The monoisotopic (exact) mass is 328 g/mol. The van der Waals surface area contributed by atoms with E-state index in [-0.39, 0.29) is 0 Å². The molecular weight excluding hydrogens is 304 g/mol. The topological polar surface area (TPSA) is 120 Å². The molecule has 1 aromatic rings. The predicted octanol–water partition coefficient (Wildman–Crippen LogP) is -1.21. The zero-order chi connectivity index (χ0) is 17.0. The molecule has 0 radical (unpaired) electrons. The standard InChI is InChI=1S/C16H24O7/c1-9(18)11(7-10-5-3-2-4-6-10)22-16-15(21)14(20)13(19)12(8-17)23-16/h2-6,9,11-21H,7-8H2,1H3. The normalized spacial score (nSPS) is 34.1. The number of hydrogen-bond donors (Lipinski definition) is 5. The van der Waals surface area contributed by atoms with E-state index in [1.807, 2.05) is 30.3 Å². The van der Waals surface area contributed by atoms with Crippen LogP contribution in [0.25, 0.3) is 0 Å². The maximum absolute atomic E-state index is 9.99. The molecule has 0 aliphatic carbocycles. The Hall–Kier alpha value is -1.06. The van der Waals surface area contributed by atoms with Crippen molar-refractivity contribution in [2.24, 2.45) is 0 Å². The van der Waals surface area contributed by atoms with E-state index in [0.29, 0.717) is 6.42 Å². The van der Waals surface area contributed by atoms with Crippen molar-refractivity contribution in [2.75, 3.05) is 6.61 Å². The summed E-state index contributed by atoms with van der Waals surface area (Å²) in [6, 6.07) is 9.36. The van der Waals surface area contributed by atoms with Crippen molar-refractivity contribution in [1.82, 2.24) is 0 Å². The van der Waals surface area contributed by atoms with E-state index in [2.05, 4.69) is 0 Å². The molecule has 7 heteroatoms. The molecule has 7 unspecified atom stereocenters. The van der Waals surface area contributed by atoms with Gasteiger partial charge in [0.05, 0.1) is 18.8 Å². The highest BCUT2D eigenvalue weighted by Gasteiger charge is 2.45. The molecule has 5 N–H and O–H groups in total. The van der Waals surface area contributed by atoms with Crippen molar-refractivity contribution in [2.45, 2.75) is 56.3 Å². The first-order valence-corrected chi connectivity index (χ1v) is 7.62. The van der Waals surface area contributed by atoms with Crippen LogP contribution in [0.15, 0.2) is 30.3 Å². The SMILES string of the molecule is CC(O)C(Cc1ccccc1)OC1OC(CO)C(O)C(O)C1O. The van der Waals surface area contributed by atoms with E-state index in [0.717, 1.165) is 5.56 Å². The zero-order valence-electron chi connectivity index (χ0n) is 12.9. The molecule has 0 aromatic heterocycles. The smallest absolute Gasteiger partial charge is 0.187 e. The quantitative estimate of drug-likeness (QED) is 0.445. The van der Waals surface area contributed by atoms with E-state index in [4.69, 9.17) is 9.47 Å². The van der Waals surface area contributed by atoms with E-state index in [1.54, 1.807) is 6.92 Å². The highest BCUT2D eigenvalue weighted by Crippen LogP contribution is 2.24. The molecule has 1 heterocycles. The van der Waals surface area contributed by atoms with Gasteiger partial charge in [-0.25, -0.2) is 0 Å². The van der Waals surface area contributed by atoms with Crippen LogP contribution in [0.3, 0.4) is 0 Å². The maximum atomic E-state index is 9.99. The van der Waals surface area contributed by atoms with Gasteiger partial charge in [0, 0.05) is 6.42 Å². The molecule has 1 saturated heterocycles. The van der Waals surface area contributed by atoms with Crippen LogP contribution in [0.2, 0.25) is 0 Å². The lowest BCUT2D eigenvalue weighted by Gasteiger charge is -2.41. The van der Waals surface area contributed by atoms with Crippen LogP contribution in [0.1, 0.15) is 12.5 Å². The summed E-state index contributed by atoms with van der Waals surface area (Å²) in [6.07, 6.45) is -7.86. The van der Waals surface area contributed by atoms with Crippen LogP contribution in [-0.2, 0) is 15.9 Å². The van der Waals surface area contributed by atoms with Gasteiger partial charge in [-0.3, -0.25) is 0 Å². The number of aliphatic hydroxyl groups is 5. The van der Waals surface area contributed by atoms with E-state index >= 15 is 0 Å². The van der Waals surface area contributed by atoms with Crippen molar-refractivity contribution in [3.8, 4) is 0 Å². The fourth-order valence-electron chi connectivity index (χ4n) is 2.53. The Morgan fingerprint density at radius 1 is 1.09 bits per heavy atom. The van der Waals surface area contributed by atoms with Crippen molar-refractivity contribution in [3.63, 3.8) is 0 Å². The molecule has 2 rings (SSSR count). The van der Waals surface area contributed by atoms with Gasteiger partial charge in [-0.1, -0.05) is 30.3 Å². The molecule has 0 saturated carbocycles. The Kier molecular flexibility index (Phi) is 6.49. The van der Waals surface area contributed by atoms with Gasteiger partial charge in [0.1, 0.15) is 24.4 Å². The third kappa shape index (κ3) is 4.48. The molecule has 0 bridgehead atoms. The minimum absolute atomic E-state index is 0.382. The van der Waals surface area contributed by atoms with Crippen molar-refractivity contribution in [1.29, 1.82) is 0 Å². The van der Waals surface area contributed by atoms with E-state index in [1.165, 1.54) is 0 Å². The number of benzene rings is 1. The van der Waals surface area contributed by atoms with Gasteiger partial charge in [-0.15, -0.1) is 0 Å². The first kappa shape index (κ1) is 18.3. The van der Waals surface area contributed by atoms with Crippen molar-refractivity contribution < 1.29 is 35.0 Å². The second kappa shape index (κ2) is 8.16. The molecular formula is C16H24O7. The molecule has 0 amide bonds. The first-order chi connectivity index (χ1) is 10.9. The van der Waals surface area contributed by atoms with Gasteiger partial charge < -0.3 is 35.0 Å². The molecule has 130 valence electrons. The lowest BCUT2D eigenvalue weighted by Crippen LogP contribution is -2.60. The van der Waals surface area contributed by atoms with Crippen molar-refractivity contribution >= 4 is 0 Å². The summed E-state index contributed by atoms with van der Waals surface area (Å²) in [4.78, 5) is 0. The highest BCUT2D eigenvalue weighted by molar-refractivity contribution is 5.15. The summed E-state index contributed by atoms with van der Waals surface area (Å²) >= 11 is 0. The maximum Gasteiger partial charge on any atom is 0.187 e. The van der Waals surface area contributed by atoms with Crippen LogP contribution < -0.4 is 0 Å². The lowest BCUT2D eigenvalue weighted by atomic mass is 9.99. The average Bonchev–Trinajstić information content (AvgIpc) is 2.55. The molecule has 1 aliphatic rings. The third-order valence-corrected chi connectivity index (χ3v) is 3.98. The predicted molar refractivity (Wildman–Crippen MR) is 80.5 cm³/mol. The summed E-state index contributed by atoms with van der Waals surface area (Å²) in [5.74, 6) is 0. The van der Waals surface area contributed by atoms with Crippen molar-refractivity contribution in [3.05, 3.63) is 35.9 Å². The Labute approximate surface area is 134 Å². The van der Waals surface area contributed by atoms with E-state index < -0.39 is 49.5 Å². The summed E-state index contributed by atoms with van der Waals surface area (Å²) in [7, 11) is 0. The van der Waals surface area contributed by atoms with Gasteiger partial charge in [-0.05, 0) is 12.5 Å². The molecule has 7 atom stereocenters. The first-order valence-electron chi connectivity index (χ1n) is 7.62. The summed E-state index contributed by atoms with van der Waals surface area (Å²) in [6.45, 7) is 1.03. The third-order valence-electron chi connectivity index (χ3n) is 3.98. The molecule has 1 aromatic carbocycles. The summed E-state index contributed by atoms with van der Waals surface area (Å²) in [5.41, 5.74) is 0.933. The van der Waals surface area contributed by atoms with E-state index in [9.17, 15) is 25.5 Å². The second-order valence-corrected chi connectivity index (χ2v) is 5.80. The average molecular weight is 328 g/mol. The largest absolute Gasteiger partial charge is 0.394 e. The Morgan fingerprint density at radius 3 is 2.30 bits per heavy atom. The number of hydrogen-bond acceptors (Lipinski definition) is 7. The second-order valence-electron chi connectivity index (χ2n) is 5.80. The Morgan fingerprint density at radius 2 is 1.74 bits per heavy atom. The van der Waals surface area contributed by atoms with Crippen LogP contribution >= 0.6 is 0 Å². The van der Waals surface area contributed by atoms with Gasteiger partial charge >= 0.3 is 0 Å². The summed E-state index contributed by atoms with van der Waals surface area (Å²) in [5, 5.41) is 48.6. The van der Waals surface area contributed by atoms with Crippen LogP contribution in [-0.4, -0.2) is 75.1 Å².